The Hall–Kier alpha value is -2.08. The maximum atomic E-state index is 12.1. The Bertz CT molecular complexity index is 568. The van der Waals surface area contributed by atoms with Gasteiger partial charge in [-0.25, -0.2) is 4.79 Å². The Labute approximate surface area is 143 Å². The van der Waals surface area contributed by atoms with Crippen LogP contribution in [0.3, 0.4) is 0 Å². The first-order valence-corrected chi connectivity index (χ1v) is 8.51. The van der Waals surface area contributed by atoms with Crippen molar-refractivity contribution in [1.82, 2.24) is 10.6 Å². The van der Waals surface area contributed by atoms with Gasteiger partial charge in [-0.3, -0.25) is 4.79 Å². The highest BCUT2D eigenvalue weighted by Gasteiger charge is 2.23. The predicted octanol–water partition coefficient (Wildman–Crippen LogP) is 2.65. The van der Waals surface area contributed by atoms with Crippen molar-refractivity contribution in [3.05, 3.63) is 29.8 Å². The van der Waals surface area contributed by atoms with E-state index < -0.39 is 0 Å². The predicted molar refractivity (Wildman–Crippen MR) is 93.7 cm³/mol. The van der Waals surface area contributed by atoms with Crippen molar-refractivity contribution in [2.45, 2.75) is 52.3 Å². The van der Waals surface area contributed by atoms with Gasteiger partial charge in [0.2, 0.25) is 0 Å². The van der Waals surface area contributed by atoms with E-state index >= 15 is 0 Å². The number of carbonyl (C=O) groups excluding carboxylic acids is 2. The molecule has 1 fully saturated rings. The molecule has 6 nitrogen and oxygen atoms in total. The molecule has 0 radical (unpaired) electrons. The molecule has 3 amide bonds. The van der Waals surface area contributed by atoms with E-state index in [0.29, 0.717) is 24.8 Å². The minimum absolute atomic E-state index is 0.110. The van der Waals surface area contributed by atoms with Gasteiger partial charge < -0.3 is 20.7 Å². The molecule has 1 aliphatic heterocycles. The van der Waals surface area contributed by atoms with E-state index in [2.05, 4.69) is 29.8 Å². The number of carbonyl (C=O) groups is 2. The SMILES string of the molecule is CC(C)C(C)NC(=O)NCc1cccc(NC(=O)C2CCCO2)c1. The zero-order valence-corrected chi connectivity index (χ0v) is 14.6. The Morgan fingerprint density at radius 2 is 2.08 bits per heavy atom. The molecule has 1 aromatic rings. The maximum Gasteiger partial charge on any atom is 0.315 e. The zero-order chi connectivity index (χ0) is 17.5. The molecule has 1 saturated heterocycles. The Morgan fingerprint density at radius 3 is 2.75 bits per heavy atom. The van der Waals surface area contributed by atoms with Crippen molar-refractivity contribution < 1.29 is 14.3 Å². The molecule has 1 aromatic carbocycles. The quantitative estimate of drug-likeness (QED) is 0.749. The van der Waals surface area contributed by atoms with Crippen LogP contribution in [0, 0.1) is 5.92 Å². The van der Waals surface area contributed by atoms with Crippen LogP contribution in [0.5, 0.6) is 0 Å². The van der Waals surface area contributed by atoms with E-state index in [0.717, 1.165) is 18.4 Å². The highest BCUT2D eigenvalue weighted by Crippen LogP contribution is 2.16. The summed E-state index contributed by atoms with van der Waals surface area (Å²) >= 11 is 0. The van der Waals surface area contributed by atoms with Crippen LogP contribution in [0.25, 0.3) is 0 Å². The lowest BCUT2D eigenvalue weighted by Gasteiger charge is -2.18. The van der Waals surface area contributed by atoms with Gasteiger partial charge in [0, 0.05) is 24.9 Å². The smallest absolute Gasteiger partial charge is 0.315 e. The standard InChI is InChI=1S/C18H27N3O3/c1-12(2)13(3)20-18(23)19-11-14-6-4-7-15(10-14)21-17(22)16-8-5-9-24-16/h4,6-7,10,12-13,16H,5,8-9,11H2,1-3H3,(H,21,22)(H2,19,20,23). The monoisotopic (exact) mass is 333 g/mol. The molecule has 0 bridgehead atoms. The minimum Gasteiger partial charge on any atom is -0.368 e. The number of nitrogens with one attached hydrogen (secondary N) is 3. The summed E-state index contributed by atoms with van der Waals surface area (Å²) in [6.07, 6.45) is 1.34. The molecule has 0 aromatic heterocycles. The molecule has 1 heterocycles. The normalized spacial score (nSPS) is 18.2. The highest BCUT2D eigenvalue weighted by atomic mass is 16.5. The maximum absolute atomic E-state index is 12.1. The Kier molecular flexibility index (Phi) is 6.61. The van der Waals surface area contributed by atoms with E-state index in [4.69, 9.17) is 4.74 Å². The number of hydrogen-bond acceptors (Lipinski definition) is 3. The molecular weight excluding hydrogens is 306 g/mol. The van der Waals surface area contributed by atoms with Gasteiger partial charge in [-0.2, -0.15) is 0 Å². The van der Waals surface area contributed by atoms with Crippen molar-refractivity contribution in [2.24, 2.45) is 5.92 Å². The lowest BCUT2D eigenvalue weighted by molar-refractivity contribution is -0.124. The summed E-state index contributed by atoms with van der Waals surface area (Å²) in [7, 11) is 0. The third-order valence-electron chi connectivity index (χ3n) is 4.23. The van der Waals surface area contributed by atoms with Gasteiger partial charge in [-0.1, -0.05) is 26.0 Å². The molecule has 3 N–H and O–H groups in total. The van der Waals surface area contributed by atoms with E-state index in [9.17, 15) is 9.59 Å². The summed E-state index contributed by atoms with van der Waals surface area (Å²) < 4.78 is 5.38. The first-order chi connectivity index (χ1) is 11.5. The molecule has 24 heavy (non-hydrogen) atoms. The van der Waals surface area contributed by atoms with Crippen LogP contribution in [0.2, 0.25) is 0 Å². The summed E-state index contributed by atoms with van der Waals surface area (Å²) in [6, 6.07) is 7.38. The molecule has 2 rings (SSSR count). The zero-order valence-electron chi connectivity index (χ0n) is 14.6. The van der Waals surface area contributed by atoms with Gasteiger partial charge in [-0.15, -0.1) is 0 Å². The first kappa shape index (κ1) is 18.3. The fourth-order valence-electron chi connectivity index (χ4n) is 2.37. The van der Waals surface area contributed by atoms with Gasteiger partial charge in [0.1, 0.15) is 6.10 Å². The second-order valence-electron chi connectivity index (χ2n) is 6.55. The number of hydrogen-bond donors (Lipinski definition) is 3. The van der Waals surface area contributed by atoms with Crippen LogP contribution in [0.4, 0.5) is 10.5 Å². The average Bonchev–Trinajstić information content (AvgIpc) is 3.08. The van der Waals surface area contributed by atoms with Gasteiger partial charge in [-0.05, 0) is 43.4 Å². The van der Waals surface area contributed by atoms with E-state index in [-0.39, 0.29) is 24.1 Å². The number of rotatable bonds is 6. The van der Waals surface area contributed by atoms with Crippen LogP contribution in [0.1, 0.15) is 39.2 Å². The van der Waals surface area contributed by atoms with Gasteiger partial charge >= 0.3 is 6.03 Å². The van der Waals surface area contributed by atoms with Crippen LogP contribution in [0.15, 0.2) is 24.3 Å². The van der Waals surface area contributed by atoms with Crippen LogP contribution >= 0.6 is 0 Å². The fourth-order valence-corrected chi connectivity index (χ4v) is 2.37. The summed E-state index contributed by atoms with van der Waals surface area (Å²) in [5.41, 5.74) is 1.64. The molecule has 0 spiro atoms. The van der Waals surface area contributed by atoms with Gasteiger partial charge in [0.05, 0.1) is 0 Å². The number of ether oxygens (including phenoxy) is 1. The van der Waals surface area contributed by atoms with Crippen molar-refractivity contribution in [3.63, 3.8) is 0 Å². The van der Waals surface area contributed by atoms with E-state index in [1.165, 1.54) is 0 Å². The molecule has 2 unspecified atom stereocenters. The molecule has 1 aliphatic rings. The molecule has 132 valence electrons. The van der Waals surface area contributed by atoms with Crippen molar-refractivity contribution in [1.29, 1.82) is 0 Å². The van der Waals surface area contributed by atoms with E-state index in [1.807, 2.05) is 31.2 Å². The van der Waals surface area contributed by atoms with Crippen LogP contribution in [-0.4, -0.2) is 30.7 Å². The largest absolute Gasteiger partial charge is 0.368 e. The average molecular weight is 333 g/mol. The lowest BCUT2D eigenvalue weighted by atomic mass is 10.1. The van der Waals surface area contributed by atoms with Gasteiger partial charge in [0.25, 0.3) is 5.91 Å². The number of amides is 3. The topological polar surface area (TPSA) is 79.5 Å². The molecule has 6 heteroatoms. The second-order valence-corrected chi connectivity index (χ2v) is 6.55. The van der Waals surface area contributed by atoms with Crippen LogP contribution < -0.4 is 16.0 Å². The molecule has 0 aliphatic carbocycles. The van der Waals surface area contributed by atoms with Crippen molar-refractivity contribution in [2.75, 3.05) is 11.9 Å². The lowest BCUT2D eigenvalue weighted by Crippen LogP contribution is -2.42. The number of anilines is 1. The first-order valence-electron chi connectivity index (χ1n) is 8.51. The number of urea groups is 1. The van der Waals surface area contributed by atoms with Crippen molar-refractivity contribution >= 4 is 17.6 Å². The molecule has 2 atom stereocenters. The summed E-state index contributed by atoms with van der Waals surface area (Å²) in [5, 5.41) is 8.60. The van der Waals surface area contributed by atoms with Crippen LogP contribution in [-0.2, 0) is 16.1 Å². The Morgan fingerprint density at radius 1 is 1.29 bits per heavy atom. The summed E-state index contributed by atoms with van der Waals surface area (Å²) in [5.74, 6) is 0.271. The molecular formula is C18H27N3O3. The third kappa shape index (κ3) is 5.53. The van der Waals surface area contributed by atoms with E-state index in [1.54, 1.807) is 0 Å². The second kappa shape index (κ2) is 8.68. The molecule has 0 saturated carbocycles. The summed E-state index contributed by atoms with van der Waals surface area (Å²) in [6.45, 7) is 7.15. The number of benzene rings is 1. The Balaban J connectivity index is 1.83. The summed E-state index contributed by atoms with van der Waals surface area (Å²) in [4.78, 5) is 23.9. The highest BCUT2D eigenvalue weighted by molar-refractivity contribution is 5.94. The fraction of sp³-hybridized carbons (Fsp3) is 0.556. The third-order valence-corrected chi connectivity index (χ3v) is 4.23. The van der Waals surface area contributed by atoms with Crippen molar-refractivity contribution in [3.8, 4) is 0 Å². The van der Waals surface area contributed by atoms with Gasteiger partial charge in [0.15, 0.2) is 0 Å². The minimum atomic E-state index is -0.352.